The topological polar surface area (TPSA) is 103 Å². The zero-order chi connectivity index (χ0) is 18.3. The Morgan fingerprint density at radius 3 is 2.50 bits per heavy atom. The van der Waals surface area contributed by atoms with Crippen molar-refractivity contribution in [2.45, 2.75) is 17.6 Å². The van der Waals surface area contributed by atoms with Crippen molar-refractivity contribution in [3.8, 4) is 0 Å². The van der Waals surface area contributed by atoms with Crippen molar-refractivity contribution in [2.75, 3.05) is 5.32 Å². The van der Waals surface area contributed by atoms with E-state index in [-0.39, 0.29) is 23.1 Å². The summed E-state index contributed by atoms with van der Waals surface area (Å²) in [6.45, 7) is -0.329. The summed E-state index contributed by atoms with van der Waals surface area (Å²) in [7, 11) is -3.06. The van der Waals surface area contributed by atoms with Crippen LogP contribution in [0.25, 0.3) is 0 Å². The number of primary sulfonamides is 1. The number of alkyl halides is 3. The quantitative estimate of drug-likeness (QED) is 0.780. The minimum atomic E-state index is -4.72. The van der Waals surface area contributed by atoms with E-state index in [1.165, 1.54) is 7.05 Å². The van der Waals surface area contributed by atoms with Crippen LogP contribution < -0.4 is 10.5 Å². The summed E-state index contributed by atoms with van der Waals surface area (Å²) in [5.41, 5.74) is -0.180. The molecule has 0 aliphatic heterocycles. The predicted octanol–water partition coefficient (Wildman–Crippen LogP) is 1.89. The Labute approximate surface area is 138 Å². The summed E-state index contributed by atoms with van der Waals surface area (Å²) >= 11 is 5.58. The Balaban J connectivity index is 2.33. The second kappa shape index (κ2) is 6.18. The Bertz CT molecular complexity index is 881. The van der Waals surface area contributed by atoms with E-state index in [1.807, 2.05) is 0 Å². The molecule has 0 aliphatic rings. The van der Waals surface area contributed by atoms with Gasteiger partial charge >= 0.3 is 6.18 Å². The van der Waals surface area contributed by atoms with E-state index in [0.717, 1.165) is 10.7 Å². The lowest BCUT2D eigenvalue weighted by molar-refractivity contribution is -0.145. The third-order valence-electron chi connectivity index (χ3n) is 2.87. The molecule has 3 N–H and O–H groups in total. The normalized spacial score (nSPS) is 12.5. The van der Waals surface area contributed by atoms with Crippen molar-refractivity contribution >= 4 is 27.3 Å². The molecule has 0 unspecified atom stereocenters. The number of halogens is 5. The first-order chi connectivity index (χ1) is 10.9. The van der Waals surface area contributed by atoms with E-state index in [1.54, 1.807) is 0 Å². The van der Waals surface area contributed by atoms with Crippen LogP contribution in [0.1, 0.15) is 11.6 Å². The zero-order valence-corrected chi connectivity index (χ0v) is 13.5. The summed E-state index contributed by atoms with van der Waals surface area (Å²) < 4.78 is 74.9. The minimum Gasteiger partial charge on any atom is -0.377 e. The molecule has 13 heteroatoms. The van der Waals surface area contributed by atoms with Crippen LogP contribution in [-0.4, -0.2) is 23.2 Å². The molecule has 2 aromatic rings. The first kappa shape index (κ1) is 18.4. The molecular weight excluding hydrogens is 378 g/mol. The monoisotopic (exact) mass is 387 g/mol. The molecule has 0 aliphatic carbocycles. The number of nitrogens with one attached hydrogen (secondary N) is 1. The number of aromatic nitrogens is 3. The molecule has 1 aromatic carbocycles. The maximum absolute atomic E-state index is 13.4. The van der Waals surface area contributed by atoms with Crippen molar-refractivity contribution < 1.29 is 26.0 Å². The molecule has 0 bridgehead atoms. The van der Waals surface area contributed by atoms with Gasteiger partial charge in [-0.15, -0.1) is 5.10 Å². The molecule has 7 nitrogen and oxygen atoms in total. The molecule has 0 saturated carbocycles. The highest BCUT2D eigenvalue weighted by Gasteiger charge is 2.36. The Morgan fingerprint density at radius 2 is 2.00 bits per heavy atom. The zero-order valence-electron chi connectivity index (χ0n) is 11.9. The van der Waals surface area contributed by atoms with Gasteiger partial charge in [0.25, 0.3) is 5.82 Å². The van der Waals surface area contributed by atoms with E-state index >= 15 is 0 Å². The van der Waals surface area contributed by atoms with Gasteiger partial charge in [0.2, 0.25) is 10.0 Å². The van der Waals surface area contributed by atoms with Gasteiger partial charge in [0.15, 0.2) is 0 Å². The number of rotatable bonds is 4. The van der Waals surface area contributed by atoms with E-state index in [9.17, 15) is 26.0 Å². The summed E-state index contributed by atoms with van der Waals surface area (Å²) in [5, 5.41) is 10.3. The first-order valence-corrected chi connectivity index (χ1v) is 8.05. The van der Waals surface area contributed by atoms with Crippen LogP contribution in [0.2, 0.25) is 5.02 Å². The molecule has 2 rings (SSSR count). The van der Waals surface area contributed by atoms with Gasteiger partial charge in [-0.25, -0.2) is 22.9 Å². The number of nitrogens with zero attached hydrogens (tertiary/aromatic N) is 3. The molecule has 1 aromatic heterocycles. The highest BCUT2D eigenvalue weighted by atomic mass is 35.5. The third-order valence-corrected chi connectivity index (χ3v) is 4.11. The van der Waals surface area contributed by atoms with Gasteiger partial charge in [-0.3, -0.25) is 4.68 Å². The molecule has 0 fully saturated rings. The standard InChI is InChI=1S/C11H10ClF4N5O2S/c1-21-9(19-10(20-21)11(14,15)16)4-18-7-2-5(12)6(13)3-8(7)24(17,22)23/h2-3,18H,4H2,1H3,(H2,17,22,23). The van der Waals surface area contributed by atoms with Crippen LogP contribution in [0.5, 0.6) is 0 Å². The summed E-state index contributed by atoms with van der Waals surface area (Å²) in [5.74, 6) is -2.49. The van der Waals surface area contributed by atoms with Crippen molar-refractivity contribution in [1.29, 1.82) is 0 Å². The maximum Gasteiger partial charge on any atom is 0.453 e. The lowest BCUT2D eigenvalue weighted by Crippen LogP contribution is -2.16. The van der Waals surface area contributed by atoms with Crippen molar-refractivity contribution in [3.05, 3.63) is 34.6 Å². The molecule has 0 radical (unpaired) electrons. The van der Waals surface area contributed by atoms with Crippen molar-refractivity contribution in [1.82, 2.24) is 14.8 Å². The van der Waals surface area contributed by atoms with Crippen molar-refractivity contribution in [3.63, 3.8) is 0 Å². The fraction of sp³-hybridized carbons (Fsp3) is 0.273. The number of benzene rings is 1. The SMILES string of the molecule is Cn1nc(C(F)(F)F)nc1CNc1cc(Cl)c(F)cc1S(N)(=O)=O. The second-order valence-corrected chi connectivity index (χ2v) is 6.57. The van der Waals surface area contributed by atoms with Crippen LogP contribution in [0.3, 0.4) is 0 Å². The van der Waals surface area contributed by atoms with Crippen LogP contribution in [-0.2, 0) is 29.8 Å². The lowest BCUT2D eigenvalue weighted by Gasteiger charge is -2.11. The van der Waals surface area contributed by atoms with Gasteiger partial charge in [0.05, 0.1) is 17.3 Å². The van der Waals surface area contributed by atoms with Crippen LogP contribution >= 0.6 is 11.6 Å². The van der Waals surface area contributed by atoms with Gasteiger partial charge in [0, 0.05) is 7.05 Å². The highest BCUT2D eigenvalue weighted by Crippen LogP contribution is 2.28. The van der Waals surface area contributed by atoms with Crippen LogP contribution in [0.15, 0.2) is 17.0 Å². The van der Waals surface area contributed by atoms with Gasteiger partial charge in [0.1, 0.15) is 16.5 Å². The Kier molecular flexibility index (Phi) is 4.74. The lowest BCUT2D eigenvalue weighted by atomic mass is 10.3. The first-order valence-electron chi connectivity index (χ1n) is 6.12. The van der Waals surface area contributed by atoms with E-state index in [2.05, 4.69) is 15.4 Å². The average Bonchev–Trinajstić information content (AvgIpc) is 2.80. The van der Waals surface area contributed by atoms with Crippen molar-refractivity contribution in [2.24, 2.45) is 12.2 Å². The van der Waals surface area contributed by atoms with E-state index in [4.69, 9.17) is 16.7 Å². The third kappa shape index (κ3) is 3.94. The van der Waals surface area contributed by atoms with Crippen LogP contribution in [0.4, 0.5) is 23.2 Å². The van der Waals surface area contributed by atoms with Gasteiger partial charge in [-0.05, 0) is 12.1 Å². The molecule has 0 spiro atoms. The van der Waals surface area contributed by atoms with E-state index in [0.29, 0.717) is 6.07 Å². The largest absolute Gasteiger partial charge is 0.453 e. The fourth-order valence-corrected chi connectivity index (χ4v) is 2.64. The average molecular weight is 388 g/mol. The molecule has 0 amide bonds. The predicted molar refractivity (Wildman–Crippen MR) is 76.1 cm³/mol. The second-order valence-electron chi connectivity index (χ2n) is 4.63. The van der Waals surface area contributed by atoms with Crippen LogP contribution in [0, 0.1) is 5.82 Å². The Hall–Kier alpha value is -1.92. The van der Waals surface area contributed by atoms with E-state index < -0.39 is 32.7 Å². The number of hydrogen-bond donors (Lipinski definition) is 2. The Morgan fingerprint density at radius 1 is 1.38 bits per heavy atom. The molecule has 0 saturated heterocycles. The highest BCUT2D eigenvalue weighted by molar-refractivity contribution is 7.89. The number of anilines is 1. The fourth-order valence-electron chi connectivity index (χ4n) is 1.77. The van der Waals surface area contributed by atoms with Gasteiger partial charge in [-0.2, -0.15) is 13.2 Å². The minimum absolute atomic E-state index is 0.136. The smallest absolute Gasteiger partial charge is 0.377 e. The summed E-state index contributed by atoms with van der Waals surface area (Å²) in [6.07, 6.45) is -4.72. The number of hydrogen-bond acceptors (Lipinski definition) is 5. The molecular formula is C11H10ClF4N5O2S. The maximum atomic E-state index is 13.4. The number of aryl methyl sites for hydroxylation is 1. The molecule has 24 heavy (non-hydrogen) atoms. The molecule has 1 heterocycles. The number of sulfonamides is 1. The summed E-state index contributed by atoms with van der Waals surface area (Å²) in [6, 6.07) is 1.56. The molecule has 132 valence electrons. The number of nitrogens with two attached hydrogens (primary N) is 1. The van der Waals surface area contributed by atoms with Gasteiger partial charge < -0.3 is 5.32 Å². The molecule has 0 atom stereocenters. The summed E-state index contributed by atoms with van der Waals surface area (Å²) in [4.78, 5) is 2.71. The van der Waals surface area contributed by atoms with Gasteiger partial charge in [-0.1, -0.05) is 11.6 Å².